The van der Waals surface area contributed by atoms with Gasteiger partial charge in [-0.25, -0.2) is 0 Å². The van der Waals surface area contributed by atoms with E-state index in [1.54, 1.807) is 0 Å². The largest absolute Gasteiger partial charge is 0.392 e. The first-order valence-electron chi connectivity index (χ1n) is 6.18. The standard InChI is InChI=1S/C12H24N2O2.ClH/c1-12(7-4-3-5-10(12)15)9-14-11(16)6-8-13-2;/h10,13,15H,3-9H2,1-2H3,(H,14,16);1H. The van der Waals surface area contributed by atoms with Gasteiger partial charge in [-0.15, -0.1) is 12.4 Å². The third kappa shape index (κ3) is 5.23. The molecule has 4 nitrogen and oxygen atoms in total. The van der Waals surface area contributed by atoms with Gasteiger partial charge in [0, 0.05) is 24.9 Å². The number of halogens is 1. The first-order chi connectivity index (χ1) is 7.58. The average molecular weight is 265 g/mol. The highest BCUT2D eigenvalue weighted by Crippen LogP contribution is 2.35. The minimum atomic E-state index is -0.272. The Hall–Kier alpha value is -0.320. The topological polar surface area (TPSA) is 61.4 Å². The Morgan fingerprint density at radius 1 is 1.47 bits per heavy atom. The minimum Gasteiger partial charge on any atom is -0.392 e. The Bertz CT molecular complexity index is 239. The van der Waals surface area contributed by atoms with Crippen LogP contribution in [0.25, 0.3) is 0 Å². The summed E-state index contributed by atoms with van der Waals surface area (Å²) in [7, 11) is 1.83. The second kappa shape index (κ2) is 7.90. The van der Waals surface area contributed by atoms with Crippen molar-refractivity contribution >= 4 is 18.3 Å². The minimum absolute atomic E-state index is 0. The molecule has 0 heterocycles. The molecular formula is C12H25ClN2O2. The predicted octanol–water partition coefficient (Wildman–Crippen LogP) is 1.08. The number of amides is 1. The van der Waals surface area contributed by atoms with Gasteiger partial charge in [-0.05, 0) is 19.9 Å². The third-order valence-electron chi connectivity index (χ3n) is 3.57. The van der Waals surface area contributed by atoms with Crippen LogP contribution in [0.5, 0.6) is 0 Å². The summed E-state index contributed by atoms with van der Waals surface area (Å²) in [6, 6.07) is 0. The van der Waals surface area contributed by atoms with Gasteiger partial charge in [0.2, 0.25) is 5.91 Å². The fourth-order valence-corrected chi connectivity index (χ4v) is 2.22. The fourth-order valence-electron chi connectivity index (χ4n) is 2.22. The van der Waals surface area contributed by atoms with Crippen LogP contribution < -0.4 is 10.6 Å². The zero-order valence-electron chi connectivity index (χ0n) is 10.8. The molecule has 1 fully saturated rings. The van der Waals surface area contributed by atoms with E-state index >= 15 is 0 Å². The Kier molecular flexibility index (Phi) is 7.75. The molecule has 1 amide bonds. The van der Waals surface area contributed by atoms with E-state index in [2.05, 4.69) is 17.6 Å². The molecule has 0 aliphatic heterocycles. The maximum absolute atomic E-state index is 11.5. The van der Waals surface area contributed by atoms with Crippen molar-refractivity contribution in [3.8, 4) is 0 Å². The van der Waals surface area contributed by atoms with Gasteiger partial charge in [0.05, 0.1) is 6.10 Å². The molecule has 0 spiro atoms. The van der Waals surface area contributed by atoms with Crippen molar-refractivity contribution in [2.75, 3.05) is 20.1 Å². The van der Waals surface area contributed by atoms with Crippen LogP contribution in [-0.4, -0.2) is 37.3 Å². The summed E-state index contributed by atoms with van der Waals surface area (Å²) in [5.74, 6) is 0.0633. The number of carbonyl (C=O) groups excluding carboxylic acids is 1. The van der Waals surface area contributed by atoms with Crippen LogP contribution in [0.15, 0.2) is 0 Å². The summed E-state index contributed by atoms with van der Waals surface area (Å²) in [4.78, 5) is 11.5. The van der Waals surface area contributed by atoms with Crippen molar-refractivity contribution in [1.82, 2.24) is 10.6 Å². The van der Waals surface area contributed by atoms with E-state index in [0.29, 0.717) is 19.5 Å². The molecular weight excluding hydrogens is 240 g/mol. The second-order valence-corrected chi connectivity index (χ2v) is 5.05. The van der Waals surface area contributed by atoms with Crippen molar-refractivity contribution in [3.63, 3.8) is 0 Å². The van der Waals surface area contributed by atoms with Crippen LogP contribution in [0.2, 0.25) is 0 Å². The van der Waals surface area contributed by atoms with Gasteiger partial charge in [0.15, 0.2) is 0 Å². The number of hydrogen-bond donors (Lipinski definition) is 3. The smallest absolute Gasteiger partial charge is 0.221 e. The molecule has 0 aromatic carbocycles. The van der Waals surface area contributed by atoms with Gasteiger partial charge >= 0.3 is 0 Å². The number of hydrogen-bond acceptors (Lipinski definition) is 3. The molecule has 5 heteroatoms. The lowest BCUT2D eigenvalue weighted by Gasteiger charge is -2.38. The van der Waals surface area contributed by atoms with Crippen LogP contribution in [0.4, 0.5) is 0 Å². The van der Waals surface area contributed by atoms with Crippen molar-refractivity contribution < 1.29 is 9.90 Å². The SMILES string of the molecule is CNCCC(=O)NCC1(C)CCCCC1O.Cl. The quantitative estimate of drug-likeness (QED) is 0.696. The maximum atomic E-state index is 11.5. The van der Waals surface area contributed by atoms with E-state index in [1.807, 2.05) is 7.05 Å². The van der Waals surface area contributed by atoms with Gasteiger partial charge in [-0.3, -0.25) is 4.79 Å². The molecule has 17 heavy (non-hydrogen) atoms. The molecule has 0 aromatic rings. The third-order valence-corrected chi connectivity index (χ3v) is 3.57. The van der Waals surface area contributed by atoms with Gasteiger partial charge in [-0.1, -0.05) is 19.8 Å². The van der Waals surface area contributed by atoms with Crippen LogP contribution in [0.3, 0.4) is 0 Å². The number of nitrogens with one attached hydrogen (secondary N) is 2. The lowest BCUT2D eigenvalue weighted by molar-refractivity contribution is -0.122. The highest BCUT2D eigenvalue weighted by Gasteiger charge is 2.35. The van der Waals surface area contributed by atoms with E-state index in [4.69, 9.17) is 0 Å². The lowest BCUT2D eigenvalue weighted by Crippen LogP contribution is -2.45. The molecule has 3 N–H and O–H groups in total. The first-order valence-corrected chi connectivity index (χ1v) is 6.18. The van der Waals surface area contributed by atoms with E-state index in [0.717, 1.165) is 25.7 Å². The Labute approximate surface area is 110 Å². The number of aliphatic hydroxyl groups is 1. The van der Waals surface area contributed by atoms with Crippen molar-refractivity contribution in [2.45, 2.75) is 45.1 Å². The monoisotopic (exact) mass is 264 g/mol. The highest BCUT2D eigenvalue weighted by molar-refractivity contribution is 5.85. The van der Waals surface area contributed by atoms with Crippen molar-refractivity contribution in [1.29, 1.82) is 0 Å². The molecule has 0 aromatic heterocycles. The molecule has 0 radical (unpaired) electrons. The molecule has 1 saturated carbocycles. The van der Waals surface area contributed by atoms with Crippen LogP contribution >= 0.6 is 12.4 Å². The lowest BCUT2D eigenvalue weighted by atomic mass is 9.73. The van der Waals surface area contributed by atoms with Gasteiger partial charge in [0.1, 0.15) is 0 Å². The zero-order valence-corrected chi connectivity index (χ0v) is 11.6. The normalized spacial score (nSPS) is 28.3. The van der Waals surface area contributed by atoms with E-state index in [-0.39, 0.29) is 29.8 Å². The maximum Gasteiger partial charge on any atom is 0.221 e. The molecule has 1 aliphatic rings. The molecule has 2 unspecified atom stereocenters. The Balaban J connectivity index is 0.00000256. The molecule has 1 rings (SSSR count). The van der Waals surface area contributed by atoms with Gasteiger partial charge in [0.25, 0.3) is 0 Å². The van der Waals surface area contributed by atoms with E-state index in [1.165, 1.54) is 0 Å². The number of carbonyl (C=O) groups is 1. The number of rotatable bonds is 5. The highest BCUT2D eigenvalue weighted by atomic mass is 35.5. The summed E-state index contributed by atoms with van der Waals surface area (Å²) in [5, 5.41) is 15.8. The van der Waals surface area contributed by atoms with Crippen LogP contribution in [0.1, 0.15) is 39.0 Å². The summed E-state index contributed by atoms with van der Waals surface area (Å²) in [5.41, 5.74) is -0.131. The van der Waals surface area contributed by atoms with Crippen LogP contribution in [0, 0.1) is 5.41 Å². The summed E-state index contributed by atoms with van der Waals surface area (Å²) >= 11 is 0. The Morgan fingerprint density at radius 3 is 2.76 bits per heavy atom. The second-order valence-electron chi connectivity index (χ2n) is 5.05. The predicted molar refractivity (Wildman–Crippen MR) is 71.4 cm³/mol. The molecule has 1 aliphatic carbocycles. The van der Waals surface area contributed by atoms with Crippen molar-refractivity contribution in [3.05, 3.63) is 0 Å². The molecule has 0 bridgehead atoms. The first kappa shape index (κ1) is 16.7. The molecule has 2 atom stereocenters. The van der Waals surface area contributed by atoms with E-state index in [9.17, 15) is 9.90 Å². The fraction of sp³-hybridized carbons (Fsp3) is 0.917. The molecule has 102 valence electrons. The van der Waals surface area contributed by atoms with Crippen LogP contribution in [-0.2, 0) is 4.79 Å². The van der Waals surface area contributed by atoms with E-state index < -0.39 is 0 Å². The summed E-state index contributed by atoms with van der Waals surface area (Å²) < 4.78 is 0. The summed E-state index contributed by atoms with van der Waals surface area (Å²) in [6.07, 6.45) is 4.35. The average Bonchev–Trinajstić information content (AvgIpc) is 2.28. The summed E-state index contributed by atoms with van der Waals surface area (Å²) in [6.45, 7) is 3.36. The van der Waals surface area contributed by atoms with Crippen molar-refractivity contribution in [2.24, 2.45) is 5.41 Å². The van der Waals surface area contributed by atoms with Gasteiger partial charge < -0.3 is 15.7 Å². The zero-order chi connectivity index (χ0) is 12.0. The number of aliphatic hydroxyl groups excluding tert-OH is 1. The molecule has 0 saturated heterocycles. The van der Waals surface area contributed by atoms with Gasteiger partial charge in [-0.2, -0.15) is 0 Å². The Morgan fingerprint density at radius 2 is 2.18 bits per heavy atom.